The lowest BCUT2D eigenvalue weighted by atomic mass is 10.1. The third-order valence-electron chi connectivity index (χ3n) is 3.91. The van der Waals surface area contributed by atoms with E-state index in [0.29, 0.717) is 22.9 Å². The fourth-order valence-corrected chi connectivity index (χ4v) is 2.70. The van der Waals surface area contributed by atoms with Crippen LogP contribution in [0.25, 0.3) is 11.7 Å². The summed E-state index contributed by atoms with van der Waals surface area (Å²) in [6.07, 6.45) is 5.60. The van der Waals surface area contributed by atoms with E-state index in [-0.39, 0.29) is 12.5 Å². The van der Waals surface area contributed by atoms with Gasteiger partial charge < -0.3 is 14.8 Å². The average Bonchev–Trinajstić information content (AvgIpc) is 3.08. The summed E-state index contributed by atoms with van der Waals surface area (Å²) in [5.74, 6) is 1.51. The Hall–Kier alpha value is -3.35. The van der Waals surface area contributed by atoms with E-state index in [1.807, 2.05) is 47.9 Å². The molecule has 0 unspecified atom stereocenters. The number of hydrogen-bond acceptors (Lipinski definition) is 5. The molecular weight excluding hydrogens is 332 g/mol. The standard InChI is InChI=1S/C19H20N4O3/c1-4-7-13-10-14(11-15(25-2)18(13)26-3)19(24)20-12-17-22-21-16-8-5-6-9-23(16)17/h4-11H,12H2,1-3H3,(H,20,24). The van der Waals surface area contributed by atoms with Crippen LogP contribution in [0, 0.1) is 0 Å². The first-order valence-electron chi connectivity index (χ1n) is 8.13. The number of nitrogens with zero attached hydrogens (tertiary/aromatic N) is 3. The molecule has 0 saturated carbocycles. The van der Waals surface area contributed by atoms with Gasteiger partial charge >= 0.3 is 0 Å². The number of pyridine rings is 1. The first-order chi connectivity index (χ1) is 12.7. The predicted molar refractivity (Wildman–Crippen MR) is 98.4 cm³/mol. The Bertz CT molecular complexity index is 963. The molecule has 0 bridgehead atoms. The molecule has 0 atom stereocenters. The van der Waals surface area contributed by atoms with Crippen LogP contribution in [-0.2, 0) is 6.54 Å². The van der Waals surface area contributed by atoms with Crippen LogP contribution in [0.2, 0.25) is 0 Å². The Labute approximate surface area is 151 Å². The summed E-state index contributed by atoms with van der Waals surface area (Å²) in [5.41, 5.74) is 1.98. The van der Waals surface area contributed by atoms with Crippen molar-refractivity contribution in [2.24, 2.45) is 0 Å². The van der Waals surface area contributed by atoms with Gasteiger partial charge in [-0.15, -0.1) is 10.2 Å². The molecule has 2 heterocycles. The van der Waals surface area contributed by atoms with Gasteiger partial charge in [-0.2, -0.15) is 0 Å². The second kappa shape index (κ2) is 7.69. The Morgan fingerprint density at radius 2 is 2.08 bits per heavy atom. The lowest BCUT2D eigenvalue weighted by molar-refractivity contribution is 0.0949. The highest BCUT2D eigenvalue weighted by Crippen LogP contribution is 2.33. The summed E-state index contributed by atoms with van der Waals surface area (Å²) < 4.78 is 12.6. The minimum atomic E-state index is -0.232. The SMILES string of the molecule is CC=Cc1cc(C(=O)NCc2nnc3ccccn23)cc(OC)c1OC. The van der Waals surface area contributed by atoms with E-state index in [2.05, 4.69) is 15.5 Å². The molecule has 0 fully saturated rings. The largest absolute Gasteiger partial charge is 0.493 e. The van der Waals surface area contributed by atoms with Gasteiger partial charge in [0.25, 0.3) is 5.91 Å². The van der Waals surface area contributed by atoms with Gasteiger partial charge in [0.05, 0.1) is 20.8 Å². The number of aromatic nitrogens is 3. The van der Waals surface area contributed by atoms with Crippen molar-refractivity contribution in [3.8, 4) is 11.5 Å². The topological polar surface area (TPSA) is 77.8 Å². The fourth-order valence-electron chi connectivity index (χ4n) is 2.70. The monoisotopic (exact) mass is 352 g/mol. The number of methoxy groups -OCH3 is 2. The fraction of sp³-hybridized carbons (Fsp3) is 0.211. The van der Waals surface area contributed by atoms with Gasteiger partial charge in [-0.25, -0.2) is 0 Å². The highest BCUT2D eigenvalue weighted by Gasteiger charge is 2.15. The molecule has 3 aromatic rings. The van der Waals surface area contributed by atoms with E-state index >= 15 is 0 Å². The van der Waals surface area contributed by atoms with E-state index in [4.69, 9.17) is 9.47 Å². The summed E-state index contributed by atoms with van der Waals surface area (Å²) in [6, 6.07) is 9.05. The molecular formula is C19H20N4O3. The minimum absolute atomic E-state index is 0.232. The van der Waals surface area contributed by atoms with Crippen molar-refractivity contribution >= 4 is 17.6 Å². The van der Waals surface area contributed by atoms with E-state index in [0.717, 1.165) is 11.2 Å². The summed E-state index contributed by atoms with van der Waals surface area (Å²) in [5, 5.41) is 11.1. The van der Waals surface area contributed by atoms with Gasteiger partial charge in [-0.1, -0.05) is 18.2 Å². The first kappa shape index (κ1) is 17.5. The lowest BCUT2D eigenvalue weighted by Crippen LogP contribution is -2.24. The highest BCUT2D eigenvalue weighted by molar-refractivity contribution is 5.95. The van der Waals surface area contributed by atoms with Gasteiger partial charge in [0, 0.05) is 17.3 Å². The number of amides is 1. The molecule has 1 amide bonds. The highest BCUT2D eigenvalue weighted by atomic mass is 16.5. The van der Waals surface area contributed by atoms with Crippen LogP contribution in [0.4, 0.5) is 0 Å². The summed E-state index contributed by atoms with van der Waals surface area (Å²) >= 11 is 0. The second-order valence-corrected chi connectivity index (χ2v) is 5.53. The zero-order valence-corrected chi connectivity index (χ0v) is 14.9. The molecule has 1 aromatic carbocycles. The third kappa shape index (κ3) is 3.37. The maximum Gasteiger partial charge on any atom is 0.251 e. The quantitative estimate of drug-likeness (QED) is 0.738. The van der Waals surface area contributed by atoms with Crippen LogP contribution in [0.3, 0.4) is 0 Å². The average molecular weight is 352 g/mol. The van der Waals surface area contributed by atoms with E-state index in [9.17, 15) is 4.79 Å². The Morgan fingerprint density at radius 3 is 2.81 bits per heavy atom. The van der Waals surface area contributed by atoms with Crippen LogP contribution in [0.1, 0.15) is 28.7 Å². The molecule has 26 heavy (non-hydrogen) atoms. The maximum absolute atomic E-state index is 12.6. The van der Waals surface area contributed by atoms with Gasteiger partial charge in [0.2, 0.25) is 0 Å². The van der Waals surface area contributed by atoms with Gasteiger partial charge in [0.15, 0.2) is 23.0 Å². The smallest absolute Gasteiger partial charge is 0.251 e. The molecule has 0 aliphatic heterocycles. The second-order valence-electron chi connectivity index (χ2n) is 5.53. The van der Waals surface area contributed by atoms with E-state index in [1.54, 1.807) is 26.4 Å². The van der Waals surface area contributed by atoms with Crippen LogP contribution >= 0.6 is 0 Å². The maximum atomic E-state index is 12.6. The third-order valence-corrected chi connectivity index (χ3v) is 3.91. The molecule has 3 rings (SSSR count). The molecule has 0 saturated heterocycles. The normalized spacial score (nSPS) is 11.0. The Morgan fingerprint density at radius 1 is 1.23 bits per heavy atom. The predicted octanol–water partition coefficient (Wildman–Crippen LogP) is 2.71. The molecule has 0 aliphatic carbocycles. The van der Waals surface area contributed by atoms with Crippen molar-refractivity contribution in [2.75, 3.05) is 14.2 Å². The van der Waals surface area contributed by atoms with Gasteiger partial charge in [-0.3, -0.25) is 9.20 Å². The molecule has 1 N–H and O–H groups in total. The number of rotatable bonds is 6. The van der Waals surface area contributed by atoms with Crippen LogP contribution in [0.15, 0.2) is 42.6 Å². The van der Waals surface area contributed by atoms with Crippen LogP contribution in [0.5, 0.6) is 11.5 Å². The van der Waals surface area contributed by atoms with Crippen LogP contribution < -0.4 is 14.8 Å². The van der Waals surface area contributed by atoms with Crippen molar-refractivity contribution in [1.29, 1.82) is 0 Å². The van der Waals surface area contributed by atoms with Crippen molar-refractivity contribution < 1.29 is 14.3 Å². The number of fused-ring (bicyclic) bond motifs is 1. The van der Waals surface area contributed by atoms with Crippen molar-refractivity contribution in [1.82, 2.24) is 19.9 Å². The summed E-state index contributed by atoms with van der Waals surface area (Å²) in [4.78, 5) is 12.6. The van der Waals surface area contributed by atoms with Crippen LogP contribution in [-0.4, -0.2) is 34.7 Å². The first-order valence-corrected chi connectivity index (χ1v) is 8.13. The number of hydrogen-bond donors (Lipinski definition) is 1. The van der Waals surface area contributed by atoms with Crippen molar-refractivity contribution in [2.45, 2.75) is 13.5 Å². The number of carbonyl (C=O) groups excluding carboxylic acids is 1. The zero-order chi connectivity index (χ0) is 18.5. The lowest BCUT2D eigenvalue weighted by Gasteiger charge is -2.13. The molecule has 0 radical (unpaired) electrons. The number of ether oxygens (including phenoxy) is 2. The zero-order valence-electron chi connectivity index (χ0n) is 14.9. The number of nitrogens with one attached hydrogen (secondary N) is 1. The van der Waals surface area contributed by atoms with Crippen molar-refractivity contribution in [3.05, 3.63) is 59.6 Å². The summed E-state index contributed by atoms with van der Waals surface area (Å²) in [6.45, 7) is 2.16. The molecule has 2 aromatic heterocycles. The Kier molecular flexibility index (Phi) is 5.17. The molecule has 7 heteroatoms. The number of carbonyl (C=O) groups is 1. The van der Waals surface area contributed by atoms with Gasteiger partial charge in [-0.05, 0) is 31.2 Å². The van der Waals surface area contributed by atoms with E-state index < -0.39 is 0 Å². The number of allylic oxidation sites excluding steroid dienone is 1. The minimum Gasteiger partial charge on any atom is -0.493 e. The van der Waals surface area contributed by atoms with E-state index in [1.165, 1.54) is 0 Å². The van der Waals surface area contributed by atoms with Gasteiger partial charge in [0.1, 0.15) is 0 Å². The summed E-state index contributed by atoms with van der Waals surface area (Å²) in [7, 11) is 3.11. The van der Waals surface area contributed by atoms with Crippen molar-refractivity contribution in [3.63, 3.8) is 0 Å². The molecule has 0 spiro atoms. The Balaban J connectivity index is 1.84. The molecule has 0 aliphatic rings. The molecule has 134 valence electrons. The number of benzene rings is 1. The molecule has 7 nitrogen and oxygen atoms in total.